The molecule has 0 atom stereocenters. The van der Waals surface area contributed by atoms with Crippen LogP contribution in [0.2, 0.25) is 0 Å². The van der Waals surface area contributed by atoms with Gasteiger partial charge in [0.25, 0.3) is 0 Å². The minimum absolute atomic E-state index is 0.0345. The molecule has 1 aromatic heterocycles. The second-order valence-electron chi connectivity index (χ2n) is 8.69. The van der Waals surface area contributed by atoms with E-state index in [4.69, 9.17) is 0 Å². The molecule has 0 saturated heterocycles. The average Bonchev–Trinajstić information content (AvgIpc) is 3.06. The molecule has 0 bridgehead atoms. The van der Waals surface area contributed by atoms with Crippen LogP contribution in [0, 0.1) is 11.6 Å². The van der Waals surface area contributed by atoms with Crippen LogP contribution in [-0.2, 0) is 17.4 Å². The number of aryl methyl sites for hydroxylation is 1. The van der Waals surface area contributed by atoms with Crippen LogP contribution in [0.15, 0.2) is 36.4 Å². The second-order valence-corrected chi connectivity index (χ2v) is 8.69. The lowest BCUT2D eigenvalue weighted by molar-refractivity contribution is -0.137. The summed E-state index contributed by atoms with van der Waals surface area (Å²) in [5.41, 5.74) is -1.37. The molecule has 0 unspecified atom stereocenters. The molecule has 33 heavy (non-hydrogen) atoms. The van der Waals surface area contributed by atoms with Crippen molar-refractivity contribution in [3.8, 4) is 5.69 Å². The van der Waals surface area contributed by atoms with Gasteiger partial charge in [-0.05, 0) is 62.4 Å². The molecule has 1 saturated carbocycles. The molecule has 4 nitrogen and oxygen atoms in total. The predicted octanol–water partition coefficient (Wildman–Crippen LogP) is 5.91. The average molecular weight is 466 g/mol. The third-order valence-electron chi connectivity index (χ3n) is 6.07. The van der Waals surface area contributed by atoms with Gasteiger partial charge in [0.05, 0.1) is 27.9 Å². The molecule has 1 N–H and O–H groups in total. The number of carbonyl (C=O) groups is 1. The van der Waals surface area contributed by atoms with Crippen LogP contribution in [0.1, 0.15) is 56.3 Å². The lowest BCUT2D eigenvalue weighted by atomic mass is 9.76. The summed E-state index contributed by atoms with van der Waals surface area (Å²) in [4.78, 5) is 16.5. The van der Waals surface area contributed by atoms with E-state index in [-0.39, 0.29) is 35.3 Å². The van der Waals surface area contributed by atoms with Gasteiger partial charge in [0.2, 0.25) is 0 Å². The van der Waals surface area contributed by atoms with E-state index in [1.165, 1.54) is 10.6 Å². The summed E-state index contributed by atoms with van der Waals surface area (Å²) >= 11 is 0. The van der Waals surface area contributed by atoms with Crippen molar-refractivity contribution in [3.05, 3.63) is 59.4 Å². The zero-order valence-electron chi connectivity index (χ0n) is 17.8. The third-order valence-corrected chi connectivity index (χ3v) is 6.07. The van der Waals surface area contributed by atoms with Crippen molar-refractivity contribution < 1.29 is 31.9 Å². The molecule has 0 aliphatic heterocycles. The van der Waals surface area contributed by atoms with Gasteiger partial charge in [0.15, 0.2) is 0 Å². The standard InChI is InChI=1S/C24H23F5N2O2/c25-16-11-17(26)13-18(12-16)31-21-10-15(24(27,28)29)6-7-20(21)30-22(31)5-2-1-4-19(32)14-23(33)8-3-9-23/h6-7,10-13,33H,1-5,8-9,14H2. The van der Waals surface area contributed by atoms with Gasteiger partial charge in [0, 0.05) is 25.3 Å². The van der Waals surface area contributed by atoms with Gasteiger partial charge in [-0.1, -0.05) is 0 Å². The van der Waals surface area contributed by atoms with Crippen LogP contribution < -0.4 is 0 Å². The van der Waals surface area contributed by atoms with Crippen LogP contribution in [-0.4, -0.2) is 26.0 Å². The number of halogens is 5. The molecule has 176 valence electrons. The monoisotopic (exact) mass is 466 g/mol. The normalized spacial score (nSPS) is 15.6. The number of fused-ring (bicyclic) bond motifs is 1. The number of rotatable bonds is 8. The zero-order valence-corrected chi connectivity index (χ0v) is 17.8. The fourth-order valence-corrected chi connectivity index (χ4v) is 4.25. The number of aliphatic hydroxyl groups is 1. The number of Topliss-reactive ketones (excluding diaryl/α,β-unsaturated/α-hetero) is 1. The predicted molar refractivity (Wildman–Crippen MR) is 112 cm³/mol. The molecule has 1 fully saturated rings. The molecule has 1 aliphatic carbocycles. The van der Waals surface area contributed by atoms with Crippen LogP contribution >= 0.6 is 0 Å². The number of hydrogen-bond acceptors (Lipinski definition) is 3. The summed E-state index contributed by atoms with van der Waals surface area (Å²) in [5, 5.41) is 10.1. The molecule has 9 heteroatoms. The molecule has 1 aliphatic rings. The van der Waals surface area contributed by atoms with Crippen molar-refractivity contribution >= 4 is 16.8 Å². The molecule has 0 amide bonds. The van der Waals surface area contributed by atoms with Crippen molar-refractivity contribution in [1.29, 1.82) is 0 Å². The van der Waals surface area contributed by atoms with Gasteiger partial charge < -0.3 is 5.11 Å². The van der Waals surface area contributed by atoms with Crippen LogP contribution in [0.4, 0.5) is 22.0 Å². The van der Waals surface area contributed by atoms with Crippen LogP contribution in [0.3, 0.4) is 0 Å². The number of unbranched alkanes of at least 4 members (excludes halogenated alkanes) is 1. The fourth-order valence-electron chi connectivity index (χ4n) is 4.25. The molecular weight excluding hydrogens is 443 g/mol. The number of carbonyl (C=O) groups excluding carboxylic acids is 1. The first-order valence-corrected chi connectivity index (χ1v) is 10.8. The Morgan fingerprint density at radius 2 is 1.76 bits per heavy atom. The fraction of sp³-hybridized carbons (Fsp3) is 0.417. The molecule has 0 spiro atoms. The Morgan fingerprint density at radius 1 is 1.06 bits per heavy atom. The first-order valence-electron chi connectivity index (χ1n) is 10.8. The van der Waals surface area contributed by atoms with Gasteiger partial charge in [-0.3, -0.25) is 9.36 Å². The molecular formula is C24H23F5N2O2. The Labute approximate surface area is 187 Å². The number of nitrogens with zero attached hydrogens (tertiary/aromatic N) is 2. The van der Waals surface area contributed by atoms with E-state index in [0.717, 1.165) is 30.7 Å². The zero-order chi connectivity index (χ0) is 23.8. The Morgan fingerprint density at radius 3 is 2.36 bits per heavy atom. The number of aromatic nitrogens is 2. The Hall–Kier alpha value is -2.81. The maximum Gasteiger partial charge on any atom is 0.416 e. The maximum absolute atomic E-state index is 13.9. The Balaban J connectivity index is 1.58. The summed E-state index contributed by atoms with van der Waals surface area (Å²) in [6, 6.07) is 5.83. The summed E-state index contributed by atoms with van der Waals surface area (Å²) < 4.78 is 68.8. The van der Waals surface area contributed by atoms with E-state index in [1.807, 2.05) is 0 Å². The van der Waals surface area contributed by atoms with Gasteiger partial charge in [-0.2, -0.15) is 13.2 Å². The van der Waals surface area contributed by atoms with E-state index < -0.39 is 29.0 Å². The van der Waals surface area contributed by atoms with Crippen molar-refractivity contribution in [2.45, 2.75) is 63.1 Å². The largest absolute Gasteiger partial charge is 0.416 e. The van der Waals surface area contributed by atoms with Gasteiger partial charge in [0.1, 0.15) is 23.2 Å². The number of ketones is 1. The third kappa shape index (κ3) is 5.24. The number of imidazole rings is 1. The van der Waals surface area contributed by atoms with Crippen molar-refractivity contribution in [2.24, 2.45) is 0 Å². The summed E-state index contributed by atoms with van der Waals surface area (Å²) in [5.74, 6) is -1.40. The van der Waals surface area contributed by atoms with Gasteiger partial charge in [-0.25, -0.2) is 13.8 Å². The second kappa shape index (κ2) is 8.85. The number of benzene rings is 2. The van der Waals surface area contributed by atoms with Gasteiger partial charge >= 0.3 is 6.18 Å². The smallest absolute Gasteiger partial charge is 0.389 e. The van der Waals surface area contributed by atoms with Crippen molar-refractivity contribution in [3.63, 3.8) is 0 Å². The highest BCUT2D eigenvalue weighted by molar-refractivity contribution is 5.80. The lowest BCUT2D eigenvalue weighted by Gasteiger charge is -2.35. The molecule has 4 rings (SSSR count). The highest BCUT2D eigenvalue weighted by Gasteiger charge is 2.36. The summed E-state index contributed by atoms with van der Waals surface area (Å²) in [6.07, 6.45) is -0.700. The van der Waals surface area contributed by atoms with Crippen molar-refractivity contribution in [1.82, 2.24) is 9.55 Å². The molecule has 2 aromatic carbocycles. The van der Waals surface area contributed by atoms with E-state index in [9.17, 15) is 31.9 Å². The van der Waals surface area contributed by atoms with Gasteiger partial charge in [-0.15, -0.1) is 0 Å². The summed E-state index contributed by atoms with van der Waals surface area (Å²) in [7, 11) is 0. The van der Waals surface area contributed by atoms with Crippen LogP contribution in [0.25, 0.3) is 16.7 Å². The summed E-state index contributed by atoms with van der Waals surface area (Å²) in [6.45, 7) is 0. The Kier molecular flexibility index (Phi) is 6.26. The number of alkyl halides is 3. The molecule has 0 radical (unpaired) electrons. The highest BCUT2D eigenvalue weighted by atomic mass is 19.4. The topological polar surface area (TPSA) is 55.1 Å². The van der Waals surface area contributed by atoms with Crippen molar-refractivity contribution in [2.75, 3.05) is 0 Å². The minimum Gasteiger partial charge on any atom is -0.389 e. The number of hydrogen-bond donors (Lipinski definition) is 1. The quantitative estimate of drug-likeness (QED) is 0.332. The van der Waals surface area contributed by atoms with E-state index in [0.29, 0.717) is 44.0 Å². The Bertz CT molecular complexity index is 1160. The first-order chi connectivity index (χ1) is 15.5. The van der Waals surface area contributed by atoms with E-state index >= 15 is 0 Å². The van der Waals surface area contributed by atoms with E-state index in [2.05, 4.69) is 4.98 Å². The first kappa shape index (κ1) is 23.4. The van der Waals surface area contributed by atoms with E-state index in [1.54, 1.807) is 0 Å². The SMILES string of the molecule is O=C(CCCCc1nc2ccc(C(F)(F)F)cc2n1-c1cc(F)cc(F)c1)CC1(O)CCC1. The molecule has 3 aromatic rings. The lowest BCUT2D eigenvalue weighted by Crippen LogP contribution is -2.38. The minimum atomic E-state index is -4.58. The molecule has 1 heterocycles. The maximum atomic E-state index is 13.9. The highest BCUT2D eigenvalue weighted by Crippen LogP contribution is 2.35. The van der Waals surface area contributed by atoms with Crippen LogP contribution in [0.5, 0.6) is 0 Å².